The fraction of sp³-hybridized carbons (Fsp3) is 0.800. The van der Waals surface area contributed by atoms with Gasteiger partial charge in [-0.1, -0.05) is 43.5 Å². The Kier molecular flexibility index (Phi) is 5.74. The topological polar surface area (TPSA) is 25.8 Å². The average molecular weight is 198 g/mol. The van der Waals surface area contributed by atoms with Gasteiger partial charge in [0.25, 0.3) is 0 Å². The molecule has 0 unspecified atom stereocenters. The minimum Gasteiger partial charge on any atom is -0.143 e. The number of rotatable bonds is 7. The lowest BCUT2D eigenvalue weighted by atomic mass is 10.1. The molecule has 0 aliphatic rings. The molecule has 0 fully saturated rings. The van der Waals surface area contributed by atoms with E-state index in [2.05, 4.69) is 16.5 Å². The molecule has 2 nitrogen and oxygen atoms in total. The second-order valence-corrected chi connectivity index (χ2v) is 4.02. The van der Waals surface area contributed by atoms with Crippen LogP contribution < -0.4 is 0 Å². The largest absolute Gasteiger partial charge is 0.143 e. The normalized spacial score (nSPS) is 10.5. The van der Waals surface area contributed by atoms with Gasteiger partial charge in [-0.15, -0.1) is 5.10 Å². The number of aryl methyl sites for hydroxylation is 1. The molecule has 0 radical (unpaired) electrons. The van der Waals surface area contributed by atoms with Crippen LogP contribution in [0, 0.1) is 0 Å². The lowest BCUT2D eigenvalue weighted by Crippen LogP contribution is -1.86. The summed E-state index contributed by atoms with van der Waals surface area (Å²) in [4.78, 5) is 0. The van der Waals surface area contributed by atoms with E-state index in [9.17, 15) is 0 Å². The number of hydrogen-bond acceptors (Lipinski definition) is 3. The van der Waals surface area contributed by atoms with Crippen molar-refractivity contribution in [3.8, 4) is 0 Å². The minimum absolute atomic E-state index is 1.11. The summed E-state index contributed by atoms with van der Waals surface area (Å²) in [6, 6.07) is 0. The second-order valence-electron chi connectivity index (χ2n) is 3.41. The SMILES string of the molecule is CCCCCCCCc1csnn1. The average Bonchev–Trinajstić information content (AvgIpc) is 2.63. The second kappa shape index (κ2) is 7.01. The first-order chi connectivity index (χ1) is 6.43. The molecule has 0 N–H and O–H groups in total. The van der Waals surface area contributed by atoms with Crippen molar-refractivity contribution >= 4 is 11.5 Å². The Bertz CT molecular complexity index is 197. The molecule has 0 amide bonds. The van der Waals surface area contributed by atoms with Crippen LogP contribution in [0.1, 0.15) is 51.1 Å². The summed E-state index contributed by atoms with van der Waals surface area (Å²) in [7, 11) is 0. The third kappa shape index (κ3) is 4.98. The van der Waals surface area contributed by atoms with Crippen LogP contribution in [0.3, 0.4) is 0 Å². The molecule has 74 valence electrons. The van der Waals surface area contributed by atoms with Crippen LogP contribution >= 0.6 is 11.5 Å². The smallest absolute Gasteiger partial charge is 0.0755 e. The first-order valence-electron chi connectivity index (χ1n) is 5.19. The van der Waals surface area contributed by atoms with Crippen LogP contribution in [-0.2, 0) is 6.42 Å². The lowest BCUT2D eigenvalue weighted by molar-refractivity contribution is 0.604. The van der Waals surface area contributed by atoms with Gasteiger partial charge in [0, 0.05) is 5.38 Å². The molecule has 0 saturated heterocycles. The number of aromatic nitrogens is 2. The molecule has 0 spiro atoms. The van der Waals surface area contributed by atoms with Crippen molar-refractivity contribution in [3.63, 3.8) is 0 Å². The molecule has 13 heavy (non-hydrogen) atoms. The van der Waals surface area contributed by atoms with Crippen molar-refractivity contribution in [2.24, 2.45) is 0 Å². The highest BCUT2D eigenvalue weighted by Crippen LogP contribution is 2.08. The Morgan fingerprint density at radius 1 is 1.15 bits per heavy atom. The lowest BCUT2D eigenvalue weighted by Gasteiger charge is -1.97. The molecule has 3 heteroatoms. The first kappa shape index (κ1) is 10.6. The predicted octanol–water partition coefficient (Wildman–Crippen LogP) is 3.44. The zero-order valence-corrected chi connectivity index (χ0v) is 9.15. The van der Waals surface area contributed by atoms with Gasteiger partial charge in [0.15, 0.2) is 0 Å². The summed E-state index contributed by atoms with van der Waals surface area (Å²) in [5.74, 6) is 0. The van der Waals surface area contributed by atoms with E-state index in [-0.39, 0.29) is 0 Å². The molecular weight excluding hydrogens is 180 g/mol. The van der Waals surface area contributed by atoms with E-state index in [1.54, 1.807) is 0 Å². The number of unbranched alkanes of at least 4 members (excludes halogenated alkanes) is 5. The molecule has 1 aromatic heterocycles. The quantitative estimate of drug-likeness (QED) is 0.627. The summed E-state index contributed by atoms with van der Waals surface area (Å²) in [5, 5.41) is 6.07. The van der Waals surface area contributed by atoms with Gasteiger partial charge in [-0.3, -0.25) is 0 Å². The Morgan fingerprint density at radius 3 is 2.62 bits per heavy atom. The molecule has 0 saturated carbocycles. The van der Waals surface area contributed by atoms with Gasteiger partial charge in [0.1, 0.15) is 0 Å². The van der Waals surface area contributed by atoms with Crippen LogP contribution in [0.15, 0.2) is 5.38 Å². The molecule has 0 aliphatic heterocycles. The van der Waals surface area contributed by atoms with E-state index < -0.39 is 0 Å². The van der Waals surface area contributed by atoms with Crippen LogP contribution in [0.2, 0.25) is 0 Å². The van der Waals surface area contributed by atoms with Gasteiger partial charge < -0.3 is 0 Å². The fourth-order valence-corrected chi connectivity index (χ4v) is 1.87. The molecule has 1 rings (SSSR count). The standard InChI is InChI=1S/C10H18N2S/c1-2-3-4-5-6-7-8-10-9-13-12-11-10/h9H,2-8H2,1H3. The zero-order chi connectivity index (χ0) is 9.36. The summed E-state index contributed by atoms with van der Waals surface area (Å²) < 4.78 is 3.84. The molecule has 0 atom stereocenters. The number of hydrogen-bond donors (Lipinski definition) is 0. The Labute approximate surface area is 84.5 Å². The maximum absolute atomic E-state index is 4.02. The zero-order valence-electron chi connectivity index (χ0n) is 8.33. The maximum Gasteiger partial charge on any atom is 0.0755 e. The molecular formula is C10H18N2S. The Morgan fingerprint density at radius 2 is 1.92 bits per heavy atom. The maximum atomic E-state index is 4.02. The van der Waals surface area contributed by atoms with Gasteiger partial charge in [0.05, 0.1) is 5.69 Å². The van der Waals surface area contributed by atoms with Gasteiger partial charge in [-0.05, 0) is 24.4 Å². The van der Waals surface area contributed by atoms with Crippen molar-refractivity contribution < 1.29 is 0 Å². The summed E-state index contributed by atoms with van der Waals surface area (Å²) in [6.45, 7) is 2.25. The van der Waals surface area contributed by atoms with Gasteiger partial charge in [-0.2, -0.15) is 0 Å². The minimum atomic E-state index is 1.11. The van der Waals surface area contributed by atoms with Crippen molar-refractivity contribution in [2.75, 3.05) is 0 Å². The van der Waals surface area contributed by atoms with Crippen molar-refractivity contribution in [3.05, 3.63) is 11.1 Å². The highest BCUT2D eigenvalue weighted by atomic mass is 32.1. The van der Waals surface area contributed by atoms with E-state index in [4.69, 9.17) is 0 Å². The van der Waals surface area contributed by atoms with Gasteiger partial charge in [0.2, 0.25) is 0 Å². The number of nitrogens with zero attached hydrogens (tertiary/aromatic N) is 2. The van der Waals surface area contributed by atoms with E-state index in [1.807, 2.05) is 5.38 Å². The van der Waals surface area contributed by atoms with Crippen LogP contribution in [0.5, 0.6) is 0 Å². The predicted molar refractivity (Wildman–Crippen MR) is 57.0 cm³/mol. The third-order valence-corrected chi connectivity index (χ3v) is 2.75. The third-order valence-electron chi connectivity index (χ3n) is 2.19. The molecule has 0 bridgehead atoms. The van der Waals surface area contributed by atoms with E-state index in [0.29, 0.717) is 0 Å². The van der Waals surface area contributed by atoms with Gasteiger partial charge in [-0.25, -0.2) is 0 Å². The van der Waals surface area contributed by atoms with E-state index in [1.165, 1.54) is 55.8 Å². The van der Waals surface area contributed by atoms with Crippen molar-refractivity contribution in [1.29, 1.82) is 0 Å². The molecule has 1 heterocycles. The van der Waals surface area contributed by atoms with Crippen molar-refractivity contribution in [2.45, 2.75) is 51.9 Å². The van der Waals surface area contributed by atoms with Crippen LogP contribution in [0.4, 0.5) is 0 Å². The highest BCUT2D eigenvalue weighted by Gasteiger charge is 1.95. The fourth-order valence-electron chi connectivity index (χ4n) is 1.38. The molecule has 0 aliphatic carbocycles. The van der Waals surface area contributed by atoms with Crippen LogP contribution in [0.25, 0.3) is 0 Å². The Balaban J connectivity index is 1.90. The summed E-state index contributed by atoms with van der Waals surface area (Å²) in [6.07, 6.45) is 9.22. The summed E-state index contributed by atoms with van der Waals surface area (Å²) in [5.41, 5.74) is 1.17. The van der Waals surface area contributed by atoms with E-state index >= 15 is 0 Å². The van der Waals surface area contributed by atoms with Crippen LogP contribution in [-0.4, -0.2) is 9.59 Å². The Hall–Kier alpha value is -0.440. The molecule has 1 aromatic rings. The first-order valence-corrected chi connectivity index (χ1v) is 6.03. The van der Waals surface area contributed by atoms with Gasteiger partial charge >= 0.3 is 0 Å². The molecule has 0 aromatic carbocycles. The van der Waals surface area contributed by atoms with E-state index in [0.717, 1.165) is 6.42 Å². The summed E-state index contributed by atoms with van der Waals surface area (Å²) >= 11 is 1.45. The monoisotopic (exact) mass is 198 g/mol. The van der Waals surface area contributed by atoms with Crippen molar-refractivity contribution in [1.82, 2.24) is 9.59 Å². The highest BCUT2D eigenvalue weighted by molar-refractivity contribution is 7.03.